The van der Waals surface area contributed by atoms with E-state index in [9.17, 15) is 19.8 Å². The normalized spacial score (nSPS) is 45.3. The van der Waals surface area contributed by atoms with E-state index in [2.05, 4.69) is 6.92 Å². The van der Waals surface area contributed by atoms with Crippen LogP contribution in [0.4, 0.5) is 0 Å². The van der Waals surface area contributed by atoms with Gasteiger partial charge in [-0.2, -0.15) is 0 Å². The van der Waals surface area contributed by atoms with Crippen LogP contribution in [0.3, 0.4) is 0 Å². The van der Waals surface area contributed by atoms with Gasteiger partial charge >= 0.3 is 0 Å². The highest BCUT2D eigenvalue weighted by Gasteiger charge is 2.62. The molecule has 0 aliphatic heterocycles. The summed E-state index contributed by atoms with van der Waals surface area (Å²) in [4.78, 5) is 24.7. The van der Waals surface area contributed by atoms with E-state index < -0.39 is 11.7 Å². The van der Waals surface area contributed by atoms with E-state index in [1.807, 2.05) is 19.9 Å². The molecular formula is C23H34O5. The molecule has 0 unspecified atom stereocenters. The molecule has 0 saturated heterocycles. The van der Waals surface area contributed by atoms with Crippen molar-refractivity contribution in [1.82, 2.24) is 0 Å². The molecule has 156 valence electrons. The molecule has 3 fully saturated rings. The summed E-state index contributed by atoms with van der Waals surface area (Å²) in [6.45, 7) is 5.92. The van der Waals surface area contributed by atoms with Gasteiger partial charge in [0.15, 0.2) is 11.6 Å². The monoisotopic (exact) mass is 390 g/mol. The first-order valence-corrected chi connectivity index (χ1v) is 11.0. The van der Waals surface area contributed by atoms with E-state index in [4.69, 9.17) is 4.74 Å². The first-order chi connectivity index (χ1) is 13.2. The number of fused-ring (bicyclic) bond motifs is 5. The van der Waals surface area contributed by atoms with Crippen LogP contribution in [0.2, 0.25) is 0 Å². The quantitative estimate of drug-likeness (QED) is 0.771. The maximum Gasteiger partial charge on any atom is 0.190 e. The van der Waals surface area contributed by atoms with Crippen LogP contribution < -0.4 is 0 Å². The molecule has 5 nitrogen and oxygen atoms in total. The number of rotatable bonds is 4. The number of carbonyl (C=O) groups excluding carboxylic acids is 2. The van der Waals surface area contributed by atoms with E-state index in [-0.39, 0.29) is 47.4 Å². The lowest BCUT2D eigenvalue weighted by atomic mass is 9.48. The smallest absolute Gasteiger partial charge is 0.190 e. The van der Waals surface area contributed by atoms with Gasteiger partial charge in [-0.3, -0.25) is 9.59 Å². The molecule has 4 aliphatic rings. The molecule has 4 rings (SSSR count). The zero-order valence-corrected chi connectivity index (χ0v) is 17.3. The fourth-order valence-electron chi connectivity index (χ4n) is 7.01. The second-order valence-electron chi connectivity index (χ2n) is 10.1. The van der Waals surface area contributed by atoms with Crippen molar-refractivity contribution in [2.75, 3.05) is 6.61 Å². The van der Waals surface area contributed by atoms with Gasteiger partial charge in [-0.1, -0.05) is 12.5 Å². The lowest BCUT2D eigenvalue weighted by Crippen LogP contribution is -2.57. The summed E-state index contributed by atoms with van der Waals surface area (Å²) in [6.07, 6.45) is 6.18. The Hall–Kier alpha value is -1.04. The van der Waals surface area contributed by atoms with Crippen LogP contribution in [0.1, 0.15) is 65.7 Å². The van der Waals surface area contributed by atoms with Crippen molar-refractivity contribution in [2.45, 2.75) is 83.5 Å². The number of ether oxygens (including phenoxy) is 1. The number of aliphatic hydroxyl groups is 2. The number of allylic oxidation sites excluding steroid dienone is 1. The molecule has 3 saturated carbocycles. The first kappa shape index (κ1) is 20.2. The number of aliphatic hydroxyl groups excluding tert-OH is 1. The van der Waals surface area contributed by atoms with E-state index in [0.29, 0.717) is 25.2 Å². The molecule has 0 bridgehead atoms. The zero-order valence-electron chi connectivity index (χ0n) is 17.3. The summed E-state index contributed by atoms with van der Waals surface area (Å²) in [5, 5.41) is 22.5. The van der Waals surface area contributed by atoms with E-state index >= 15 is 0 Å². The van der Waals surface area contributed by atoms with E-state index in [0.717, 1.165) is 25.7 Å². The third-order valence-corrected chi connectivity index (χ3v) is 8.38. The van der Waals surface area contributed by atoms with Gasteiger partial charge in [-0.25, -0.2) is 0 Å². The van der Waals surface area contributed by atoms with Crippen molar-refractivity contribution in [3.8, 4) is 0 Å². The maximum atomic E-state index is 12.8. The minimum atomic E-state index is -1.37. The van der Waals surface area contributed by atoms with Gasteiger partial charge in [0.1, 0.15) is 12.2 Å². The van der Waals surface area contributed by atoms with Crippen LogP contribution in [-0.2, 0) is 14.3 Å². The molecule has 7 atom stereocenters. The largest absolute Gasteiger partial charge is 0.393 e. The molecule has 0 amide bonds. The van der Waals surface area contributed by atoms with Crippen LogP contribution in [0.5, 0.6) is 0 Å². The van der Waals surface area contributed by atoms with Crippen molar-refractivity contribution in [1.29, 1.82) is 0 Å². The Morgan fingerprint density at radius 3 is 2.71 bits per heavy atom. The van der Waals surface area contributed by atoms with Gasteiger partial charge in [0.25, 0.3) is 0 Å². The van der Waals surface area contributed by atoms with Gasteiger partial charge in [0.2, 0.25) is 0 Å². The predicted molar refractivity (Wildman–Crippen MR) is 105 cm³/mol. The minimum absolute atomic E-state index is 0.0522. The van der Waals surface area contributed by atoms with Gasteiger partial charge in [0.05, 0.1) is 12.2 Å². The summed E-state index contributed by atoms with van der Waals surface area (Å²) in [5.41, 5.74) is -0.297. The average Bonchev–Trinajstić information content (AvgIpc) is 2.98. The van der Waals surface area contributed by atoms with Crippen LogP contribution in [0, 0.1) is 29.1 Å². The van der Waals surface area contributed by atoms with E-state index in [1.54, 1.807) is 0 Å². The number of hydrogen-bond acceptors (Lipinski definition) is 5. The van der Waals surface area contributed by atoms with Crippen molar-refractivity contribution in [3.05, 3.63) is 11.6 Å². The standard InChI is InChI=1S/C23H34O5/c1-13(2)28-12-20(26)23(27)9-7-16-17-5-4-14-10-15(24)6-8-22(14,3)21(17)19(25)11-18(16)23/h10,13,16-19,21,25,27H,4-9,11-12H2,1-3H3/t16-,17-,18-,19-,21+,22-,23+/m0/s1. The first-order valence-electron chi connectivity index (χ1n) is 11.0. The van der Waals surface area contributed by atoms with Crippen LogP contribution in [0.15, 0.2) is 11.6 Å². The van der Waals surface area contributed by atoms with Crippen molar-refractivity contribution >= 4 is 11.6 Å². The number of ketones is 2. The average molecular weight is 391 g/mol. The van der Waals surface area contributed by atoms with Crippen LogP contribution in [-0.4, -0.2) is 46.2 Å². The zero-order chi connectivity index (χ0) is 20.3. The van der Waals surface area contributed by atoms with Gasteiger partial charge in [-0.15, -0.1) is 0 Å². The predicted octanol–water partition coefficient (Wildman–Crippen LogP) is 2.82. The molecule has 28 heavy (non-hydrogen) atoms. The molecular weight excluding hydrogens is 356 g/mol. The molecule has 2 N–H and O–H groups in total. The lowest BCUT2D eigenvalue weighted by Gasteiger charge is -2.57. The Labute approximate surface area is 167 Å². The maximum absolute atomic E-state index is 12.8. The van der Waals surface area contributed by atoms with Crippen molar-refractivity contribution < 1.29 is 24.5 Å². The highest BCUT2D eigenvalue weighted by molar-refractivity contribution is 5.91. The molecule has 0 aromatic carbocycles. The molecule has 4 aliphatic carbocycles. The number of carbonyl (C=O) groups is 2. The fourth-order valence-corrected chi connectivity index (χ4v) is 7.01. The molecule has 0 radical (unpaired) electrons. The second-order valence-corrected chi connectivity index (χ2v) is 10.1. The van der Waals surface area contributed by atoms with E-state index in [1.165, 1.54) is 5.57 Å². The highest BCUT2D eigenvalue weighted by Crippen LogP contribution is 2.63. The number of Topliss-reactive ketones (excluding diaryl/α,β-unsaturated/α-hetero) is 1. The number of hydrogen-bond donors (Lipinski definition) is 2. The molecule has 0 spiro atoms. The molecule has 0 aromatic rings. The lowest BCUT2D eigenvalue weighted by molar-refractivity contribution is -0.159. The summed E-state index contributed by atoms with van der Waals surface area (Å²) < 4.78 is 5.48. The topological polar surface area (TPSA) is 83.8 Å². The van der Waals surface area contributed by atoms with Crippen molar-refractivity contribution in [2.24, 2.45) is 29.1 Å². The SMILES string of the molecule is CC(C)OCC(=O)[C@@]1(O)CC[C@H]2[C@@H]3CCC4=CC(=O)CC[C@]4(C)[C@H]3[C@@H](O)C[C@@H]21. The highest BCUT2D eigenvalue weighted by atomic mass is 16.5. The van der Waals surface area contributed by atoms with Crippen LogP contribution >= 0.6 is 0 Å². The summed E-state index contributed by atoms with van der Waals surface area (Å²) in [7, 11) is 0. The Morgan fingerprint density at radius 2 is 2.00 bits per heavy atom. The molecule has 0 heterocycles. The second kappa shape index (κ2) is 7.03. The van der Waals surface area contributed by atoms with Gasteiger partial charge in [-0.05, 0) is 81.6 Å². The van der Waals surface area contributed by atoms with Gasteiger partial charge in [0, 0.05) is 12.3 Å². The fraction of sp³-hybridized carbons (Fsp3) is 0.826. The Balaban J connectivity index is 1.59. The van der Waals surface area contributed by atoms with Crippen LogP contribution in [0.25, 0.3) is 0 Å². The van der Waals surface area contributed by atoms with Crippen molar-refractivity contribution in [3.63, 3.8) is 0 Å². The Bertz CT molecular complexity index is 697. The molecule has 0 aromatic heterocycles. The van der Waals surface area contributed by atoms with Gasteiger partial charge < -0.3 is 14.9 Å². The summed E-state index contributed by atoms with van der Waals surface area (Å²) >= 11 is 0. The summed E-state index contributed by atoms with van der Waals surface area (Å²) in [5.74, 6) is 0.470. The minimum Gasteiger partial charge on any atom is -0.393 e. The Morgan fingerprint density at radius 1 is 1.25 bits per heavy atom. The molecule has 5 heteroatoms. The third kappa shape index (κ3) is 3.01. The third-order valence-electron chi connectivity index (χ3n) is 8.38. The summed E-state index contributed by atoms with van der Waals surface area (Å²) in [6, 6.07) is 0. The Kier molecular flexibility index (Phi) is 5.08.